The first kappa shape index (κ1) is 13.4. The second-order valence-corrected chi connectivity index (χ2v) is 4.53. The molecule has 1 aromatic carbocycles. The second kappa shape index (κ2) is 5.75. The standard InChI is InChI=1S/C13H14ClN3O2/c1-17-7-6-15-12(17)4-5-16-13(19)9-2-3-11(18)10(14)8-9/h2-3,6-8,18H,4-5H2,1H3,(H,16,19). The minimum absolute atomic E-state index is 0.0359. The van der Waals surface area contributed by atoms with Crippen LogP contribution < -0.4 is 5.32 Å². The van der Waals surface area contributed by atoms with Gasteiger partial charge < -0.3 is 15.0 Å². The van der Waals surface area contributed by atoms with E-state index in [4.69, 9.17) is 11.6 Å². The van der Waals surface area contributed by atoms with Gasteiger partial charge in [0.25, 0.3) is 5.91 Å². The molecule has 0 spiro atoms. The third-order valence-corrected chi connectivity index (χ3v) is 3.07. The molecule has 0 aliphatic heterocycles. The molecule has 100 valence electrons. The Morgan fingerprint density at radius 2 is 2.32 bits per heavy atom. The van der Waals surface area contributed by atoms with E-state index in [0.29, 0.717) is 18.5 Å². The number of rotatable bonds is 4. The molecule has 2 aromatic rings. The Hall–Kier alpha value is -2.01. The summed E-state index contributed by atoms with van der Waals surface area (Å²) in [5.74, 6) is 0.645. The average Bonchev–Trinajstić information content (AvgIpc) is 2.78. The fourth-order valence-electron chi connectivity index (χ4n) is 1.68. The Morgan fingerprint density at radius 3 is 2.95 bits per heavy atom. The van der Waals surface area contributed by atoms with Crippen molar-refractivity contribution < 1.29 is 9.90 Å². The van der Waals surface area contributed by atoms with E-state index in [1.807, 2.05) is 17.8 Å². The molecule has 1 aromatic heterocycles. The second-order valence-electron chi connectivity index (χ2n) is 4.13. The van der Waals surface area contributed by atoms with E-state index in [9.17, 15) is 9.90 Å². The number of hydrogen-bond donors (Lipinski definition) is 2. The average molecular weight is 280 g/mol. The highest BCUT2D eigenvalue weighted by Gasteiger charge is 2.08. The van der Waals surface area contributed by atoms with Gasteiger partial charge in [-0.2, -0.15) is 0 Å². The summed E-state index contributed by atoms with van der Waals surface area (Å²) in [5.41, 5.74) is 0.419. The molecule has 0 saturated heterocycles. The van der Waals surface area contributed by atoms with E-state index in [-0.39, 0.29) is 16.7 Å². The lowest BCUT2D eigenvalue weighted by Gasteiger charge is -2.06. The number of phenols is 1. The van der Waals surface area contributed by atoms with Gasteiger partial charge in [0.05, 0.1) is 5.02 Å². The normalized spacial score (nSPS) is 10.4. The molecule has 19 heavy (non-hydrogen) atoms. The van der Waals surface area contributed by atoms with Gasteiger partial charge in [0.15, 0.2) is 0 Å². The molecule has 5 nitrogen and oxygen atoms in total. The maximum Gasteiger partial charge on any atom is 0.251 e. The highest BCUT2D eigenvalue weighted by Crippen LogP contribution is 2.23. The molecule has 2 N–H and O–H groups in total. The summed E-state index contributed by atoms with van der Waals surface area (Å²) in [6.07, 6.45) is 4.23. The highest BCUT2D eigenvalue weighted by atomic mass is 35.5. The van der Waals surface area contributed by atoms with Gasteiger partial charge in [-0.3, -0.25) is 4.79 Å². The van der Waals surface area contributed by atoms with Crippen molar-refractivity contribution in [1.29, 1.82) is 0 Å². The number of hydrogen-bond acceptors (Lipinski definition) is 3. The lowest BCUT2D eigenvalue weighted by Crippen LogP contribution is -2.26. The molecule has 0 bridgehead atoms. The summed E-state index contributed by atoms with van der Waals surface area (Å²) < 4.78 is 1.91. The first-order valence-electron chi connectivity index (χ1n) is 5.81. The molecule has 0 aliphatic carbocycles. The molecule has 2 rings (SSSR count). The lowest BCUT2D eigenvalue weighted by molar-refractivity contribution is 0.0954. The highest BCUT2D eigenvalue weighted by molar-refractivity contribution is 6.32. The Kier molecular flexibility index (Phi) is 4.06. The Labute approximate surface area is 115 Å². The molecule has 0 aliphatic rings. The zero-order valence-electron chi connectivity index (χ0n) is 10.4. The summed E-state index contributed by atoms with van der Waals surface area (Å²) in [6, 6.07) is 4.36. The van der Waals surface area contributed by atoms with E-state index >= 15 is 0 Å². The van der Waals surface area contributed by atoms with Crippen LogP contribution in [0, 0.1) is 0 Å². The molecular formula is C13H14ClN3O2. The fourth-order valence-corrected chi connectivity index (χ4v) is 1.86. The first-order chi connectivity index (χ1) is 9.08. The summed E-state index contributed by atoms with van der Waals surface area (Å²) in [4.78, 5) is 16.0. The molecule has 1 heterocycles. The van der Waals surface area contributed by atoms with E-state index < -0.39 is 0 Å². The largest absolute Gasteiger partial charge is 0.506 e. The number of nitrogens with zero attached hydrogens (tertiary/aromatic N) is 2. The van der Waals surface area contributed by atoms with Crippen LogP contribution in [0.4, 0.5) is 0 Å². The minimum Gasteiger partial charge on any atom is -0.506 e. The van der Waals surface area contributed by atoms with Crippen LogP contribution >= 0.6 is 11.6 Å². The molecule has 0 atom stereocenters. The summed E-state index contributed by atoms with van der Waals surface area (Å²) in [7, 11) is 1.91. The topological polar surface area (TPSA) is 67.2 Å². The molecule has 6 heteroatoms. The number of benzene rings is 1. The van der Waals surface area contributed by atoms with Gasteiger partial charge in [-0.1, -0.05) is 11.6 Å². The number of aromatic nitrogens is 2. The molecule has 0 saturated carbocycles. The first-order valence-corrected chi connectivity index (χ1v) is 6.18. The van der Waals surface area contributed by atoms with Crippen LogP contribution in [-0.4, -0.2) is 27.1 Å². The Balaban J connectivity index is 1.91. The number of imidazole rings is 1. The van der Waals surface area contributed by atoms with Crippen molar-refractivity contribution in [2.24, 2.45) is 7.05 Å². The van der Waals surface area contributed by atoms with Gasteiger partial charge in [-0.05, 0) is 18.2 Å². The third-order valence-electron chi connectivity index (χ3n) is 2.77. The summed E-state index contributed by atoms with van der Waals surface area (Å²) in [5, 5.41) is 12.2. The molecule has 0 fully saturated rings. The number of amides is 1. The van der Waals surface area contributed by atoms with Crippen molar-refractivity contribution in [2.45, 2.75) is 6.42 Å². The smallest absolute Gasteiger partial charge is 0.251 e. The predicted octanol–water partition coefficient (Wildman–Crippen LogP) is 1.75. The number of aromatic hydroxyl groups is 1. The van der Waals surface area contributed by atoms with Gasteiger partial charge in [0, 0.05) is 38.0 Å². The van der Waals surface area contributed by atoms with Crippen LogP contribution in [0.1, 0.15) is 16.2 Å². The van der Waals surface area contributed by atoms with Crippen LogP contribution in [-0.2, 0) is 13.5 Å². The molecule has 0 unspecified atom stereocenters. The van der Waals surface area contributed by atoms with Crippen molar-refractivity contribution in [3.8, 4) is 5.75 Å². The Morgan fingerprint density at radius 1 is 1.53 bits per heavy atom. The number of nitrogens with one attached hydrogen (secondary N) is 1. The zero-order chi connectivity index (χ0) is 13.8. The number of phenolic OH excluding ortho intramolecular Hbond substituents is 1. The van der Waals surface area contributed by atoms with Crippen LogP contribution in [0.5, 0.6) is 5.75 Å². The summed E-state index contributed by atoms with van der Waals surface area (Å²) in [6.45, 7) is 0.488. The van der Waals surface area contributed by atoms with Gasteiger partial charge in [0.1, 0.15) is 11.6 Å². The van der Waals surface area contributed by atoms with Crippen molar-refractivity contribution in [2.75, 3.05) is 6.54 Å². The van der Waals surface area contributed by atoms with Gasteiger partial charge in [-0.15, -0.1) is 0 Å². The lowest BCUT2D eigenvalue weighted by atomic mass is 10.2. The monoisotopic (exact) mass is 279 g/mol. The zero-order valence-corrected chi connectivity index (χ0v) is 11.2. The van der Waals surface area contributed by atoms with Crippen LogP contribution in [0.3, 0.4) is 0 Å². The fraction of sp³-hybridized carbons (Fsp3) is 0.231. The van der Waals surface area contributed by atoms with Gasteiger partial charge in [-0.25, -0.2) is 4.98 Å². The van der Waals surface area contributed by atoms with Gasteiger partial charge in [0.2, 0.25) is 0 Å². The maximum absolute atomic E-state index is 11.8. The number of carbonyl (C=O) groups excluding carboxylic acids is 1. The van der Waals surface area contributed by atoms with Crippen LogP contribution in [0.25, 0.3) is 0 Å². The van der Waals surface area contributed by atoms with E-state index in [0.717, 1.165) is 5.82 Å². The molecular weight excluding hydrogens is 266 g/mol. The SMILES string of the molecule is Cn1ccnc1CCNC(=O)c1ccc(O)c(Cl)c1. The maximum atomic E-state index is 11.8. The van der Waals surface area contributed by atoms with Crippen molar-refractivity contribution in [3.05, 3.63) is 47.0 Å². The number of carbonyl (C=O) groups is 1. The van der Waals surface area contributed by atoms with Crippen molar-refractivity contribution in [1.82, 2.24) is 14.9 Å². The van der Waals surface area contributed by atoms with Crippen molar-refractivity contribution >= 4 is 17.5 Å². The van der Waals surface area contributed by atoms with E-state index in [2.05, 4.69) is 10.3 Å². The predicted molar refractivity (Wildman–Crippen MR) is 72.4 cm³/mol. The molecule has 1 amide bonds. The molecule has 0 radical (unpaired) electrons. The minimum atomic E-state index is -0.226. The van der Waals surface area contributed by atoms with E-state index in [1.165, 1.54) is 18.2 Å². The number of aryl methyl sites for hydroxylation is 1. The van der Waals surface area contributed by atoms with Gasteiger partial charge >= 0.3 is 0 Å². The summed E-state index contributed by atoms with van der Waals surface area (Å²) >= 11 is 5.75. The van der Waals surface area contributed by atoms with Crippen molar-refractivity contribution in [3.63, 3.8) is 0 Å². The number of halogens is 1. The van der Waals surface area contributed by atoms with Crippen LogP contribution in [0.15, 0.2) is 30.6 Å². The quantitative estimate of drug-likeness (QED) is 0.896. The van der Waals surface area contributed by atoms with Crippen LogP contribution in [0.2, 0.25) is 5.02 Å². The third kappa shape index (κ3) is 3.26. The Bertz CT molecular complexity index is 595. The van der Waals surface area contributed by atoms with E-state index in [1.54, 1.807) is 6.20 Å².